The minimum absolute atomic E-state index is 0.0912. The quantitative estimate of drug-likeness (QED) is 0.498. The van der Waals surface area contributed by atoms with E-state index in [4.69, 9.17) is 0 Å². The van der Waals surface area contributed by atoms with Crippen LogP contribution in [0.25, 0.3) is 0 Å². The lowest BCUT2D eigenvalue weighted by Crippen LogP contribution is -2.47. The number of hydrogen-bond acceptors (Lipinski definition) is 2. The highest BCUT2D eigenvalue weighted by Gasteiger charge is 2.56. The molecule has 1 atom stereocenters. The van der Waals surface area contributed by atoms with Gasteiger partial charge >= 0.3 is 0 Å². The fourth-order valence-corrected chi connectivity index (χ4v) is 2.53. The average molecular weight is 374 g/mol. The lowest BCUT2D eigenvalue weighted by molar-refractivity contribution is -0.143. The van der Waals surface area contributed by atoms with Gasteiger partial charge in [0.2, 0.25) is 0 Å². The Morgan fingerprint density at radius 3 is 2.95 bits per heavy atom. The minimum atomic E-state index is -2.66. The van der Waals surface area contributed by atoms with Crippen molar-refractivity contribution in [2.45, 2.75) is 5.67 Å². The number of likely N-dealkylation sites (N-methyl/N-ethyl adjacent to an activating group) is 1. The maximum absolute atomic E-state index is 15.0. The molecule has 4 nitrogen and oxygen atoms in total. The van der Waals surface area contributed by atoms with Crippen LogP contribution in [-0.4, -0.2) is 25.4 Å². The van der Waals surface area contributed by atoms with E-state index < -0.39 is 17.5 Å². The van der Waals surface area contributed by atoms with Gasteiger partial charge in [0.15, 0.2) is 0 Å². The number of nitrogens with zero attached hydrogens (tertiary/aromatic N) is 1. The number of halogens is 2. The summed E-state index contributed by atoms with van der Waals surface area (Å²) in [7, 11) is 1.45. The van der Waals surface area contributed by atoms with Gasteiger partial charge in [0.25, 0.3) is 17.5 Å². The summed E-state index contributed by atoms with van der Waals surface area (Å²) < 4.78 is 15.8. The average Bonchev–Trinajstić information content (AvgIpc) is 2.59. The Bertz CT molecular complexity index is 576. The molecule has 0 aliphatic carbocycles. The molecule has 1 aliphatic heterocycles. The number of carbonyl (C=O) groups is 2. The molecule has 0 saturated carbocycles. The summed E-state index contributed by atoms with van der Waals surface area (Å²) in [6.07, 6.45) is 1.43. The van der Waals surface area contributed by atoms with Gasteiger partial charge in [0.1, 0.15) is 0 Å². The summed E-state index contributed by atoms with van der Waals surface area (Å²) in [5.74, 6) is -1.82. The van der Waals surface area contributed by atoms with Crippen molar-refractivity contribution in [1.29, 1.82) is 0 Å². The molecule has 1 unspecified atom stereocenters. The van der Waals surface area contributed by atoms with E-state index in [0.717, 1.165) is 3.57 Å². The van der Waals surface area contributed by atoms with E-state index in [1.165, 1.54) is 24.1 Å². The Hall–Kier alpha value is -1.44. The van der Waals surface area contributed by atoms with Crippen LogP contribution in [0.3, 0.4) is 0 Å². The third-order valence-electron chi connectivity index (χ3n) is 3.01. The Kier molecular flexibility index (Phi) is 3.62. The highest BCUT2D eigenvalue weighted by molar-refractivity contribution is 14.1. The Morgan fingerprint density at radius 1 is 1.63 bits per heavy atom. The number of amides is 2. The molecule has 19 heavy (non-hydrogen) atoms. The van der Waals surface area contributed by atoms with Crippen molar-refractivity contribution in [3.05, 3.63) is 40.0 Å². The van der Waals surface area contributed by atoms with E-state index in [0.29, 0.717) is 5.69 Å². The maximum Gasteiger partial charge on any atom is 0.293 e. The van der Waals surface area contributed by atoms with Gasteiger partial charge in [-0.2, -0.15) is 0 Å². The van der Waals surface area contributed by atoms with Crippen LogP contribution in [0.1, 0.15) is 5.56 Å². The molecule has 0 spiro atoms. The number of nitrogens with one attached hydrogen (secondary N) is 1. The number of hydrogen-bond donors (Lipinski definition) is 1. The number of carbonyl (C=O) groups excluding carboxylic acids is 2. The molecule has 1 aromatic carbocycles. The van der Waals surface area contributed by atoms with Crippen molar-refractivity contribution < 1.29 is 14.0 Å². The standard InChI is InChI=1S/C13H12FIN2O2/c1-3-6-16-11(18)13(14)9-7-8(15)4-5-10(9)17(2)12(13)19/h3-5,7H,1,6H2,2H3,(H,16,18). The molecule has 2 rings (SSSR count). The molecular formula is C13H12FIN2O2. The van der Waals surface area contributed by atoms with Crippen molar-refractivity contribution in [3.8, 4) is 0 Å². The van der Waals surface area contributed by atoms with Crippen LogP contribution < -0.4 is 10.2 Å². The first-order valence-electron chi connectivity index (χ1n) is 5.59. The molecule has 0 aromatic heterocycles. The highest BCUT2D eigenvalue weighted by Crippen LogP contribution is 2.43. The first kappa shape index (κ1) is 14.0. The number of rotatable bonds is 3. The summed E-state index contributed by atoms with van der Waals surface area (Å²) in [6, 6.07) is 4.92. The summed E-state index contributed by atoms with van der Waals surface area (Å²) in [6.45, 7) is 3.55. The molecule has 0 radical (unpaired) electrons. The Labute approximate surface area is 123 Å². The predicted molar refractivity (Wildman–Crippen MR) is 78.6 cm³/mol. The number of anilines is 1. The second-order valence-electron chi connectivity index (χ2n) is 4.18. The van der Waals surface area contributed by atoms with Gasteiger partial charge in [-0.15, -0.1) is 6.58 Å². The zero-order chi connectivity index (χ0) is 14.2. The van der Waals surface area contributed by atoms with Crippen molar-refractivity contribution in [1.82, 2.24) is 5.32 Å². The van der Waals surface area contributed by atoms with Crippen LogP contribution in [0.4, 0.5) is 10.1 Å². The van der Waals surface area contributed by atoms with E-state index in [1.807, 2.05) is 22.6 Å². The molecule has 0 bridgehead atoms. The minimum Gasteiger partial charge on any atom is -0.349 e. The highest BCUT2D eigenvalue weighted by atomic mass is 127. The second-order valence-corrected chi connectivity index (χ2v) is 5.43. The zero-order valence-electron chi connectivity index (χ0n) is 10.2. The largest absolute Gasteiger partial charge is 0.349 e. The molecule has 0 saturated heterocycles. The monoisotopic (exact) mass is 374 g/mol. The molecule has 1 heterocycles. The lowest BCUT2D eigenvalue weighted by atomic mass is 9.96. The molecule has 2 amide bonds. The van der Waals surface area contributed by atoms with Crippen LogP contribution in [0.15, 0.2) is 30.9 Å². The van der Waals surface area contributed by atoms with Gasteiger partial charge in [-0.25, -0.2) is 4.39 Å². The lowest BCUT2D eigenvalue weighted by Gasteiger charge is -2.17. The van der Waals surface area contributed by atoms with Gasteiger partial charge in [0.05, 0.1) is 5.69 Å². The number of fused-ring (bicyclic) bond motifs is 1. The summed E-state index contributed by atoms with van der Waals surface area (Å²) in [5.41, 5.74) is -2.15. The van der Waals surface area contributed by atoms with E-state index in [1.54, 1.807) is 12.1 Å². The van der Waals surface area contributed by atoms with Gasteiger partial charge in [-0.05, 0) is 40.8 Å². The third kappa shape index (κ3) is 2.03. The van der Waals surface area contributed by atoms with Crippen LogP contribution in [0.5, 0.6) is 0 Å². The van der Waals surface area contributed by atoms with E-state index in [9.17, 15) is 9.59 Å². The van der Waals surface area contributed by atoms with Crippen molar-refractivity contribution in [2.24, 2.45) is 0 Å². The van der Waals surface area contributed by atoms with Crippen LogP contribution in [0.2, 0.25) is 0 Å². The van der Waals surface area contributed by atoms with Gasteiger partial charge in [-0.3, -0.25) is 9.59 Å². The zero-order valence-corrected chi connectivity index (χ0v) is 12.4. The van der Waals surface area contributed by atoms with Crippen molar-refractivity contribution in [3.63, 3.8) is 0 Å². The predicted octanol–water partition coefficient (Wildman–Crippen LogP) is 1.73. The normalized spacial score (nSPS) is 21.2. The van der Waals surface area contributed by atoms with Gasteiger partial charge in [0, 0.05) is 22.7 Å². The van der Waals surface area contributed by atoms with Crippen LogP contribution >= 0.6 is 22.6 Å². The first-order chi connectivity index (χ1) is 8.92. The van der Waals surface area contributed by atoms with Crippen LogP contribution in [0, 0.1) is 3.57 Å². The third-order valence-corrected chi connectivity index (χ3v) is 3.68. The molecule has 1 aliphatic rings. The smallest absolute Gasteiger partial charge is 0.293 e. The fraction of sp³-hybridized carbons (Fsp3) is 0.231. The molecular weight excluding hydrogens is 362 g/mol. The van der Waals surface area contributed by atoms with E-state index in [2.05, 4.69) is 11.9 Å². The molecule has 100 valence electrons. The number of alkyl halides is 1. The summed E-state index contributed by atoms with van der Waals surface area (Å²) in [4.78, 5) is 25.2. The number of benzene rings is 1. The van der Waals surface area contributed by atoms with E-state index >= 15 is 4.39 Å². The Morgan fingerprint density at radius 2 is 2.32 bits per heavy atom. The van der Waals surface area contributed by atoms with Gasteiger partial charge in [-0.1, -0.05) is 6.08 Å². The molecule has 1 aromatic rings. The second kappa shape index (κ2) is 4.92. The SMILES string of the molecule is C=CCNC(=O)C1(F)C(=O)N(C)c2ccc(I)cc21. The first-order valence-corrected chi connectivity index (χ1v) is 6.67. The summed E-state index contributed by atoms with van der Waals surface area (Å²) in [5, 5.41) is 2.34. The maximum atomic E-state index is 15.0. The van der Waals surface area contributed by atoms with Crippen molar-refractivity contribution >= 4 is 40.1 Å². The van der Waals surface area contributed by atoms with Gasteiger partial charge < -0.3 is 10.2 Å². The topological polar surface area (TPSA) is 49.4 Å². The summed E-state index contributed by atoms with van der Waals surface area (Å²) >= 11 is 2.01. The fourth-order valence-electron chi connectivity index (χ4n) is 2.04. The van der Waals surface area contributed by atoms with E-state index in [-0.39, 0.29) is 12.1 Å². The van der Waals surface area contributed by atoms with Crippen molar-refractivity contribution in [2.75, 3.05) is 18.5 Å². The molecule has 0 fully saturated rings. The van der Waals surface area contributed by atoms with Crippen LogP contribution in [-0.2, 0) is 15.3 Å². The molecule has 1 N–H and O–H groups in total. The molecule has 6 heteroatoms. The Balaban J connectivity index is 2.52.